The number of amides is 3. The predicted octanol–water partition coefficient (Wildman–Crippen LogP) is 6.36. The van der Waals surface area contributed by atoms with Crippen LogP contribution in [0.2, 0.25) is 0 Å². The zero-order chi connectivity index (χ0) is 31.4. The van der Waals surface area contributed by atoms with Crippen molar-refractivity contribution in [2.45, 2.75) is 88.8 Å². The molecule has 1 aliphatic carbocycles. The van der Waals surface area contributed by atoms with Crippen LogP contribution in [-0.2, 0) is 21.3 Å². The summed E-state index contributed by atoms with van der Waals surface area (Å²) in [6, 6.07) is 14.0. The van der Waals surface area contributed by atoms with Crippen molar-refractivity contribution >= 4 is 39.2 Å². The minimum absolute atomic E-state index is 0.0625. The number of carbonyl (C=O) groups is 2. The fourth-order valence-corrected chi connectivity index (χ4v) is 8.27. The molecule has 0 radical (unpaired) electrons. The first-order chi connectivity index (χ1) is 20.1. The molecule has 3 aromatic rings. The van der Waals surface area contributed by atoms with Crippen LogP contribution in [0.4, 0.5) is 15.3 Å². The number of hydrogen-bond acceptors (Lipinski definition) is 7. The van der Waals surface area contributed by atoms with Crippen LogP contribution in [-0.4, -0.2) is 36.7 Å². The summed E-state index contributed by atoms with van der Waals surface area (Å²) < 4.78 is 35.3. The summed E-state index contributed by atoms with van der Waals surface area (Å²) in [7, 11) is -3.95. The molecule has 1 aliphatic rings. The summed E-state index contributed by atoms with van der Waals surface area (Å²) in [6.45, 7) is 9.45. The predicted molar refractivity (Wildman–Crippen MR) is 169 cm³/mol. The van der Waals surface area contributed by atoms with Crippen LogP contribution in [0.1, 0.15) is 76.8 Å². The molecule has 3 amide bonds. The van der Waals surface area contributed by atoms with E-state index in [4.69, 9.17) is 15.5 Å². The van der Waals surface area contributed by atoms with Crippen molar-refractivity contribution in [3.05, 3.63) is 65.3 Å². The van der Waals surface area contributed by atoms with Crippen molar-refractivity contribution in [3.8, 4) is 10.4 Å². The lowest BCUT2D eigenvalue weighted by molar-refractivity contribution is -0.0159. The van der Waals surface area contributed by atoms with Crippen molar-refractivity contribution in [2.24, 2.45) is 11.7 Å². The second-order valence-electron chi connectivity index (χ2n) is 12.5. The van der Waals surface area contributed by atoms with Gasteiger partial charge in [-0.05, 0) is 83.9 Å². The van der Waals surface area contributed by atoms with E-state index in [0.29, 0.717) is 17.8 Å². The van der Waals surface area contributed by atoms with Crippen molar-refractivity contribution in [1.82, 2.24) is 15.0 Å². The third-order valence-electron chi connectivity index (χ3n) is 7.48. The fourth-order valence-electron chi connectivity index (χ4n) is 5.42. The monoisotopic (exact) mass is 627 g/mol. The number of hydrogen-bond donors (Lipinski definition) is 4. The Hall–Kier alpha value is -3.48. The van der Waals surface area contributed by atoms with Gasteiger partial charge in [0.15, 0.2) is 0 Å². The van der Waals surface area contributed by atoms with E-state index < -0.39 is 33.3 Å². The number of sulfonamides is 1. The number of rotatable bonds is 9. The van der Waals surface area contributed by atoms with Crippen LogP contribution in [0.3, 0.4) is 0 Å². The highest BCUT2D eigenvalue weighted by atomic mass is 32.2. The quantitative estimate of drug-likeness (QED) is 0.217. The molecule has 0 aliphatic heterocycles. The Kier molecular flexibility index (Phi) is 9.83. The van der Waals surface area contributed by atoms with Gasteiger partial charge in [0.1, 0.15) is 5.60 Å². The molecule has 0 saturated heterocycles. The maximum Gasteiger partial charge on any atom is 0.405 e. The van der Waals surface area contributed by atoms with E-state index in [2.05, 4.69) is 15.4 Å². The Morgan fingerprint density at radius 3 is 2.33 bits per heavy atom. The van der Waals surface area contributed by atoms with Gasteiger partial charge in [0.25, 0.3) is 0 Å². The van der Waals surface area contributed by atoms with Gasteiger partial charge in [-0.3, -0.25) is 0 Å². The maximum absolute atomic E-state index is 13.6. The lowest BCUT2D eigenvalue weighted by atomic mass is 9.75. The third-order valence-corrected chi connectivity index (χ3v) is 10.5. The zero-order valence-electron chi connectivity index (χ0n) is 25.3. The normalized spacial score (nSPS) is 17.7. The molecule has 1 fully saturated rings. The van der Waals surface area contributed by atoms with Gasteiger partial charge in [0.05, 0.1) is 14.8 Å². The molecule has 1 saturated carbocycles. The van der Waals surface area contributed by atoms with Crippen molar-refractivity contribution in [1.29, 1.82) is 0 Å². The molecule has 12 heteroatoms. The van der Waals surface area contributed by atoms with Crippen LogP contribution in [0.5, 0.6) is 0 Å². The summed E-state index contributed by atoms with van der Waals surface area (Å²) in [5.74, 6) is 0.419. The Labute approximate surface area is 257 Å². The Bertz CT molecular complexity index is 1540. The second-order valence-corrected chi connectivity index (χ2v) is 15.2. The molecule has 0 atom stereocenters. The zero-order valence-corrected chi connectivity index (χ0v) is 26.9. The average Bonchev–Trinajstić information content (AvgIpc) is 3.41. The van der Waals surface area contributed by atoms with Gasteiger partial charge in [0, 0.05) is 35.4 Å². The lowest BCUT2D eigenvalue weighted by Crippen LogP contribution is -2.40. The van der Waals surface area contributed by atoms with E-state index in [0.717, 1.165) is 41.1 Å². The summed E-state index contributed by atoms with van der Waals surface area (Å²) in [6.07, 6.45) is 4.43. The van der Waals surface area contributed by atoms with Gasteiger partial charge in [-0.1, -0.05) is 36.4 Å². The Morgan fingerprint density at radius 2 is 1.70 bits per heavy atom. The topological polar surface area (TPSA) is 153 Å². The minimum Gasteiger partial charge on any atom is -0.443 e. The summed E-state index contributed by atoms with van der Waals surface area (Å²) in [5, 5.41) is 6.50. The first-order valence-corrected chi connectivity index (χ1v) is 16.6. The van der Waals surface area contributed by atoms with Crippen LogP contribution in [0.25, 0.3) is 10.4 Å². The van der Waals surface area contributed by atoms with Crippen LogP contribution in [0.15, 0.2) is 59.6 Å². The summed E-state index contributed by atoms with van der Waals surface area (Å²) in [4.78, 5) is 29.4. The number of nitrogens with zero attached hydrogens (tertiary/aromatic N) is 1. The molecule has 1 aromatic heterocycles. The first-order valence-electron chi connectivity index (χ1n) is 14.3. The highest BCUT2D eigenvalue weighted by Gasteiger charge is 2.37. The number of nitrogens with two attached hydrogens (primary N) is 1. The van der Waals surface area contributed by atoms with E-state index in [1.807, 2.05) is 44.2 Å². The molecule has 4 rings (SSSR count). The lowest BCUT2D eigenvalue weighted by Gasteiger charge is -2.37. The molecule has 0 unspecified atom stereocenters. The fraction of sp³-hybridized carbons (Fsp3) is 0.452. The molecule has 5 N–H and O–H groups in total. The van der Waals surface area contributed by atoms with Crippen LogP contribution >= 0.6 is 11.3 Å². The van der Waals surface area contributed by atoms with E-state index in [1.54, 1.807) is 39.1 Å². The highest BCUT2D eigenvalue weighted by Crippen LogP contribution is 2.44. The number of carbonyl (C=O) groups excluding carboxylic acids is 2. The number of nitrogens with one attached hydrogen (secondary N) is 3. The second kappa shape index (κ2) is 13.0. The number of ether oxygens (including phenoxy) is 1. The standard InChI is InChI=1S/C31H41N5O5S2/c1-30(2,3)36-43(39,40)26-17-23(35-29(38)34-18-20-9-7-6-8-10-20)15-16-24(26)25-19-33-27(42-25)21-11-13-22(14-12-21)31(4,5)41-28(32)37/h6-10,15-17,19,21-22,36H,11-14,18H2,1-5H3,(H2,32,37)(H2,34,35,38). The maximum atomic E-state index is 13.6. The summed E-state index contributed by atoms with van der Waals surface area (Å²) in [5.41, 5.74) is 5.73. The van der Waals surface area contributed by atoms with Gasteiger partial charge in [-0.25, -0.2) is 27.7 Å². The number of thiazole rings is 1. The molecular formula is C31H41N5O5S2. The summed E-state index contributed by atoms with van der Waals surface area (Å²) >= 11 is 1.48. The SMILES string of the molecule is CC(C)(C)NS(=O)(=O)c1cc(NC(=O)NCc2ccccc2)ccc1-c1cnc(C2CCC(C(C)(C)OC(N)=O)CC2)s1. The average molecular weight is 628 g/mol. The molecule has 0 bridgehead atoms. The van der Waals surface area contributed by atoms with Crippen molar-refractivity contribution < 1.29 is 22.7 Å². The highest BCUT2D eigenvalue weighted by molar-refractivity contribution is 7.89. The van der Waals surface area contributed by atoms with Gasteiger partial charge in [-0.2, -0.15) is 0 Å². The van der Waals surface area contributed by atoms with Crippen molar-refractivity contribution in [2.75, 3.05) is 5.32 Å². The molecule has 2 aromatic carbocycles. The number of primary amides is 1. The molecule has 43 heavy (non-hydrogen) atoms. The minimum atomic E-state index is -3.95. The van der Waals surface area contributed by atoms with E-state index in [-0.39, 0.29) is 16.7 Å². The number of anilines is 1. The Balaban J connectivity index is 1.54. The van der Waals surface area contributed by atoms with Gasteiger partial charge < -0.3 is 21.1 Å². The molecule has 232 valence electrons. The molecule has 0 spiro atoms. The van der Waals surface area contributed by atoms with Crippen molar-refractivity contribution in [3.63, 3.8) is 0 Å². The Morgan fingerprint density at radius 1 is 1.02 bits per heavy atom. The van der Waals surface area contributed by atoms with Crippen LogP contribution < -0.4 is 21.1 Å². The van der Waals surface area contributed by atoms with Crippen LogP contribution in [0, 0.1) is 5.92 Å². The van der Waals surface area contributed by atoms with Gasteiger partial charge >= 0.3 is 12.1 Å². The van der Waals surface area contributed by atoms with E-state index in [9.17, 15) is 18.0 Å². The number of urea groups is 1. The molecular weight excluding hydrogens is 587 g/mol. The van der Waals surface area contributed by atoms with E-state index in [1.165, 1.54) is 17.4 Å². The largest absolute Gasteiger partial charge is 0.443 e. The number of aromatic nitrogens is 1. The van der Waals surface area contributed by atoms with Gasteiger partial charge in [0.2, 0.25) is 10.0 Å². The number of benzene rings is 2. The smallest absolute Gasteiger partial charge is 0.405 e. The first kappa shape index (κ1) is 32.4. The van der Waals surface area contributed by atoms with E-state index >= 15 is 0 Å². The molecule has 1 heterocycles. The third kappa shape index (κ3) is 8.77. The molecule has 10 nitrogen and oxygen atoms in total. The van der Waals surface area contributed by atoms with Gasteiger partial charge in [-0.15, -0.1) is 11.3 Å².